The summed E-state index contributed by atoms with van der Waals surface area (Å²) in [6, 6.07) is 0. The molecule has 2 aliphatic rings. The minimum Gasteiger partial charge on any atom is -0.393 e. The summed E-state index contributed by atoms with van der Waals surface area (Å²) in [7, 11) is 0. The molecule has 4 nitrogen and oxygen atoms in total. The van der Waals surface area contributed by atoms with Crippen molar-refractivity contribution in [2.45, 2.75) is 64.9 Å². The summed E-state index contributed by atoms with van der Waals surface area (Å²) in [4.78, 5) is 26.1. The lowest BCUT2D eigenvalue weighted by molar-refractivity contribution is -0.142. The van der Waals surface area contributed by atoms with Crippen molar-refractivity contribution >= 4 is 11.8 Å². The summed E-state index contributed by atoms with van der Waals surface area (Å²) in [5, 5.41) is 9.50. The van der Waals surface area contributed by atoms with E-state index in [1.165, 1.54) is 4.90 Å². The van der Waals surface area contributed by atoms with Crippen LogP contribution in [0.1, 0.15) is 58.8 Å². The Labute approximate surface area is 115 Å². The third-order valence-electron chi connectivity index (χ3n) is 5.10. The Bertz CT molecular complexity index is 354. The molecule has 1 aliphatic heterocycles. The monoisotopic (exact) mass is 267 g/mol. The second-order valence-electron chi connectivity index (χ2n) is 6.15. The van der Waals surface area contributed by atoms with E-state index in [2.05, 4.69) is 0 Å². The third-order valence-corrected chi connectivity index (χ3v) is 5.10. The minimum absolute atomic E-state index is 0.000165. The zero-order valence-electron chi connectivity index (χ0n) is 12.0. The van der Waals surface area contributed by atoms with Crippen LogP contribution in [0.25, 0.3) is 0 Å². The first kappa shape index (κ1) is 14.5. The molecule has 1 N–H and O–H groups in total. The fraction of sp³-hybridized carbons (Fsp3) is 0.867. The van der Waals surface area contributed by atoms with Gasteiger partial charge < -0.3 is 5.11 Å². The summed E-state index contributed by atoms with van der Waals surface area (Å²) < 4.78 is 0. The van der Waals surface area contributed by atoms with Crippen molar-refractivity contribution in [2.75, 3.05) is 6.54 Å². The Morgan fingerprint density at radius 2 is 1.74 bits per heavy atom. The zero-order chi connectivity index (χ0) is 14.0. The number of amides is 2. The van der Waals surface area contributed by atoms with Crippen LogP contribution < -0.4 is 0 Å². The highest BCUT2D eigenvalue weighted by atomic mass is 16.3. The first-order valence-electron chi connectivity index (χ1n) is 7.55. The van der Waals surface area contributed by atoms with Crippen LogP contribution in [0.5, 0.6) is 0 Å². The lowest BCUT2D eigenvalue weighted by atomic mass is 9.81. The van der Waals surface area contributed by atoms with Crippen LogP contribution >= 0.6 is 0 Å². The second kappa shape index (κ2) is 5.61. The highest BCUT2D eigenvalue weighted by molar-refractivity contribution is 6.05. The van der Waals surface area contributed by atoms with Crippen LogP contribution in [-0.2, 0) is 9.59 Å². The number of carbonyl (C=O) groups excluding carboxylic acids is 2. The zero-order valence-corrected chi connectivity index (χ0v) is 12.0. The molecule has 0 aromatic rings. The SMILES string of the molecule is CCC1(CC)CC(=O)N(CC2CCC(O)CC2)C1=O. The molecule has 1 saturated heterocycles. The van der Waals surface area contributed by atoms with Gasteiger partial charge in [0.25, 0.3) is 0 Å². The van der Waals surface area contributed by atoms with Crippen LogP contribution in [0.15, 0.2) is 0 Å². The summed E-state index contributed by atoms with van der Waals surface area (Å²) in [6.45, 7) is 4.55. The molecule has 2 amide bonds. The number of aliphatic hydroxyl groups excluding tert-OH is 1. The van der Waals surface area contributed by atoms with Crippen molar-refractivity contribution in [3.8, 4) is 0 Å². The molecular formula is C15H25NO3. The van der Waals surface area contributed by atoms with Crippen LogP contribution in [0.3, 0.4) is 0 Å². The number of hydrogen-bond acceptors (Lipinski definition) is 3. The van der Waals surface area contributed by atoms with Crippen LogP contribution in [0, 0.1) is 11.3 Å². The van der Waals surface area contributed by atoms with Crippen molar-refractivity contribution in [2.24, 2.45) is 11.3 Å². The van der Waals surface area contributed by atoms with E-state index in [1.54, 1.807) is 0 Å². The number of aliphatic hydroxyl groups is 1. The molecule has 1 saturated carbocycles. The van der Waals surface area contributed by atoms with E-state index in [9.17, 15) is 14.7 Å². The molecule has 1 heterocycles. The topological polar surface area (TPSA) is 57.6 Å². The number of carbonyl (C=O) groups is 2. The van der Waals surface area contributed by atoms with E-state index in [4.69, 9.17) is 0 Å². The Morgan fingerprint density at radius 1 is 1.16 bits per heavy atom. The van der Waals surface area contributed by atoms with Gasteiger partial charge >= 0.3 is 0 Å². The van der Waals surface area contributed by atoms with Crippen molar-refractivity contribution < 1.29 is 14.7 Å². The number of rotatable bonds is 4. The lowest BCUT2D eigenvalue weighted by Gasteiger charge is -2.29. The van der Waals surface area contributed by atoms with Gasteiger partial charge in [0, 0.05) is 13.0 Å². The molecular weight excluding hydrogens is 242 g/mol. The van der Waals surface area contributed by atoms with E-state index in [0.29, 0.717) is 18.9 Å². The third kappa shape index (κ3) is 2.69. The van der Waals surface area contributed by atoms with E-state index < -0.39 is 5.41 Å². The molecule has 4 heteroatoms. The van der Waals surface area contributed by atoms with Crippen molar-refractivity contribution in [1.29, 1.82) is 0 Å². The summed E-state index contributed by atoms with van der Waals surface area (Å²) >= 11 is 0. The molecule has 0 atom stereocenters. The van der Waals surface area contributed by atoms with E-state index in [1.807, 2.05) is 13.8 Å². The normalized spacial score (nSPS) is 31.0. The molecule has 0 spiro atoms. The van der Waals surface area contributed by atoms with E-state index >= 15 is 0 Å². The van der Waals surface area contributed by atoms with Gasteiger partial charge in [-0.2, -0.15) is 0 Å². The first-order chi connectivity index (χ1) is 9.02. The van der Waals surface area contributed by atoms with Gasteiger partial charge in [0.05, 0.1) is 11.5 Å². The maximum atomic E-state index is 12.5. The Hall–Kier alpha value is -0.900. The van der Waals surface area contributed by atoms with Crippen molar-refractivity contribution in [3.05, 3.63) is 0 Å². The second-order valence-corrected chi connectivity index (χ2v) is 6.15. The van der Waals surface area contributed by atoms with Gasteiger partial charge in [0.15, 0.2) is 0 Å². The van der Waals surface area contributed by atoms with Crippen molar-refractivity contribution in [1.82, 2.24) is 4.90 Å². The number of imide groups is 1. The standard InChI is InChI=1S/C15H25NO3/c1-3-15(4-2)9-13(18)16(14(15)19)10-11-5-7-12(17)8-6-11/h11-12,17H,3-10H2,1-2H3. The largest absolute Gasteiger partial charge is 0.393 e. The predicted molar refractivity (Wildman–Crippen MR) is 72.3 cm³/mol. The quantitative estimate of drug-likeness (QED) is 0.794. The molecule has 0 aromatic heterocycles. The van der Waals surface area contributed by atoms with Gasteiger partial charge in [-0.15, -0.1) is 0 Å². The number of likely N-dealkylation sites (tertiary alicyclic amines) is 1. The number of hydrogen-bond donors (Lipinski definition) is 1. The van der Waals surface area contributed by atoms with Gasteiger partial charge in [-0.05, 0) is 44.4 Å². The maximum absolute atomic E-state index is 12.5. The molecule has 0 bridgehead atoms. The average Bonchev–Trinajstić information content (AvgIpc) is 2.66. The van der Waals surface area contributed by atoms with E-state index in [0.717, 1.165) is 38.5 Å². The summed E-state index contributed by atoms with van der Waals surface area (Å²) in [5.41, 5.74) is -0.439. The molecule has 2 rings (SSSR count). The molecule has 2 fully saturated rings. The molecule has 1 aliphatic carbocycles. The van der Waals surface area contributed by atoms with Gasteiger partial charge in [0.2, 0.25) is 11.8 Å². The molecule has 0 radical (unpaired) electrons. The average molecular weight is 267 g/mol. The van der Waals surface area contributed by atoms with E-state index in [-0.39, 0.29) is 17.9 Å². The fourth-order valence-corrected chi connectivity index (χ4v) is 3.43. The highest BCUT2D eigenvalue weighted by Crippen LogP contribution is 2.40. The first-order valence-corrected chi connectivity index (χ1v) is 7.55. The highest BCUT2D eigenvalue weighted by Gasteiger charge is 2.49. The van der Waals surface area contributed by atoms with Crippen LogP contribution in [-0.4, -0.2) is 34.5 Å². The van der Waals surface area contributed by atoms with Crippen molar-refractivity contribution in [3.63, 3.8) is 0 Å². The predicted octanol–water partition coefficient (Wildman–Crippen LogP) is 2.10. The molecule has 108 valence electrons. The molecule has 0 unspecified atom stereocenters. The Morgan fingerprint density at radius 3 is 2.21 bits per heavy atom. The fourth-order valence-electron chi connectivity index (χ4n) is 3.43. The molecule has 19 heavy (non-hydrogen) atoms. The van der Waals surface area contributed by atoms with Crippen LogP contribution in [0.2, 0.25) is 0 Å². The van der Waals surface area contributed by atoms with Gasteiger partial charge in [0.1, 0.15) is 0 Å². The minimum atomic E-state index is -0.439. The lowest BCUT2D eigenvalue weighted by Crippen LogP contribution is -2.39. The van der Waals surface area contributed by atoms with Crippen LogP contribution in [0.4, 0.5) is 0 Å². The smallest absolute Gasteiger partial charge is 0.235 e. The number of nitrogens with zero attached hydrogens (tertiary/aromatic N) is 1. The van der Waals surface area contributed by atoms with Gasteiger partial charge in [-0.1, -0.05) is 13.8 Å². The maximum Gasteiger partial charge on any atom is 0.235 e. The Kier molecular flexibility index (Phi) is 4.29. The summed E-state index contributed by atoms with van der Waals surface area (Å²) in [5.74, 6) is 0.411. The Balaban J connectivity index is 2.01. The summed E-state index contributed by atoms with van der Waals surface area (Å²) in [6.07, 6.45) is 5.12. The van der Waals surface area contributed by atoms with Gasteiger partial charge in [-0.3, -0.25) is 14.5 Å². The van der Waals surface area contributed by atoms with Gasteiger partial charge in [-0.25, -0.2) is 0 Å². The molecule has 0 aromatic carbocycles.